The Hall–Kier alpha value is -0.690. The molecular weight excluding hydrogens is 166 g/mol. The van der Waals surface area contributed by atoms with Gasteiger partial charge in [0, 0.05) is 6.54 Å². The van der Waals surface area contributed by atoms with E-state index in [0.29, 0.717) is 6.41 Å². The van der Waals surface area contributed by atoms with Crippen LogP contribution in [0.2, 0.25) is 0 Å². The SMILES string of the molecule is O=CNC[C@H](O)C(O)[C@@H](O)CO. The molecule has 0 rings (SSSR count). The van der Waals surface area contributed by atoms with Gasteiger partial charge in [-0.05, 0) is 0 Å². The monoisotopic (exact) mass is 179 g/mol. The fourth-order valence-electron chi connectivity index (χ4n) is 0.654. The molecule has 0 saturated heterocycles. The van der Waals surface area contributed by atoms with E-state index >= 15 is 0 Å². The van der Waals surface area contributed by atoms with E-state index in [-0.39, 0.29) is 6.54 Å². The lowest BCUT2D eigenvalue weighted by molar-refractivity contribution is -0.111. The molecule has 5 N–H and O–H groups in total. The van der Waals surface area contributed by atoms with E-state index in [1.165, 1.54) is 0 Å². The van der Waals surface area contributed by atoms with Crippen molar-refractivity contribution in [3.63, 3.8) is 0 Å². The highest BCUT2D eigenvalue weighted by Gasteiger charge is 2.23. The van der Waals surface area contributed by atoms with Crippen LogP contribution in [0, 0.1) is 0 Å². The number of aliphatic hydroxyl groups excluding tert-OH is 4. The Labute approximate surface area is 69.5 Å². The molecule has 6 nitrogen and oxygen atoms in total. The molecule has 1 unspecified atom stereocenters. The second kappa shape index (κ2) is 5.90. The second-order valence-corrected chi connectivity index (χ2v) is 2.33. The van der Waals surface area contributed by atoms with Gasteiger partial charge in [0.2, 0.25) is 6.41 Å². The minimum Gasteiger partial charge on any atom is -0.394 e. The van der Waals surface area contributed by atoms with Gasteiger partial charge in [-0.15, -0.1) is 0 Å². The number of carbonyl (C=O) groups excluding carboxylic acids is 1. The van der Waals surface area contributed by atoms with Crippen LogP contribution in [0.25, 0.3) is 0 Å². The average molecular weight is 179 g/mol. The van der Waals surface area contributed by atoms with E-state index in [1.807, 2.05) is 0 Å². The molecule has 12 heavy (non-hydrogen) atoms. The predicted octanol–water partition coefficient (Wildman–Crippen LogP) is -3.19. The van der Waals surface area contributed by atoms with Gasteiger partial charge >= 0.3 is 0 Å². The number of hydrogen-bond donors (Lipinski definition) is 5. The summed E-state index contributed by atoms with van der Waals surface area (Å²) in [5, 5.41) is 37.3. The molecular formula is C6H13NO5. The van der Waals surface area contributed by atoms with Gasteiger partial charge in [0.1, 0.15) is 12.2 Å². The summed E-state index contributed by atoms with van der Waals surface area (Å²) in [4.78, 5) is 9.76. The minimum atomic E-state index is -1.46. The highest BCUT2D eigenvalue weighted by Crippen LogP contribution is 1.98. The molecule has 72 valence electrons. The van der Waals surface area contributed by atoms with Crippen molar-refractivity contribution in [3.8, 4) is 0 Å². The van der Waals surface area contributed by atoms with Crippen molar-refractivity contribution in [3.05, 3.63) is 0 Å². The highest BCUT2D eigenvalue weighted by atomic mass is 16.4. The molecule has 3 atom stereocenters. The third-order valence-electron chi connectivity index (χ3n) is 1.39. The molecule has 0 radical (unpaired) electrons. The molecule has 6 heteroatoms. The van der Waals surface area contributed by atoms with E-state index in [0.717, 1.165) is 0 Å². The van der Waals surface area contributed by atoms with E-state index in [2.05, 4.69) is 5.32 Å². The van der Waals surface area contributed by atoms with Crippen molar-refractivity contribution in [2.45, 2.75) is 18.3 Å². The van der Waals surface area contributed by atoms with E-state index in [1.54, 1.807) is 0 Å². The summed E-state index contributed by atoms with van der Waals surface area (Å²) >= 11 is 0. The van der Waals surface area contributed by atoms with Crippen LogP contribution in [0.1, 0.15) is 0 Å². The Morgan fingerprint density at radius 2 is 1.83 bits per heavy atom. The van der Waals surface area contributed by atoms with Crippen LogP contribution in [0.5, 0.6) is 0 Å². The summed E-state index contributed by atoms with van der Waals surface area (Å²) < 4.78 is 0. The first-order chi connectivity index (χ1) is 5.63. The molecule has 0 aliphatic carbocycles. The number of amides is 1. The summed E-state index contributed by atoms with van der Waals surface area (Å²) in [6, 6.07) is 0. The maximum Gasteiger partial charge on any atom is 0.207 e. The van der Waals surface area contributed by atoms with Gasteiger partial charge < -0.3 is 25.7 Å². The first-order valence-corrected chi connectivity index (χ1v) is 3.45. The van der Waals surface area contributed by atoms with Gasteiger partial charge in [0.25, 0.3) is 0 Å². The zero-order valence-electron chi connectivity index (χ0n) is 6.42. The summed E-state index contributed by atoms with van der Waals surface area (Å²) in [7, 11) is 0. The quantitative estimate of drug-likeness (QED) is 0.276. The highest BCUT2D eigenvalue weighted by molar-refractivity contribution is 5.45. The third-order valence-corrected chi connectivity index (χ3v) is 1.39. The van der Waals surface area contributed by atoms with Crippen LogP contribution in [0.15, 0.2) is 0 Å². The number of nitrogens with one attached hydrogen (secondary N) is 1. The average Bonchev–Trinajstić information content (AvgIpc) is 2.11. The number of aliphatic hydroxyl groups is 4. The van der Waals surface area contributed by atoms with E-state index < -0.39 is 24.9 Å². The van der Waals surface area contributed by atoms with Crippen LogP contribution in [-0.4, -0.2) is 58.3 Å². The van der Waals surface area contributed by atoms with Gasteiger partial charge in [0.05, 0.1) is 12.7 Å². The van der Waals surface area contributed by atoms with Gasteiger partial charge in [0.15, 0.2) is 0 Å². The van der Waals surface area contributed by atoms with Gasteiger partial charge in [-0.2, -0.15) is 0 Å². The molecule has 0 fully saturated rings. The smallest absolute Gasteiger partial charge is 0.207 e. The standard InChI is InChI=1S/C6H13NO5/c8-2-5(11)6(12)4(10)1-7-3-9/h3-6,8,10-12H,1-2H2,(H,7,9)/t4-,5-,6?/m0/s1. The van der Waals surface area contributed by atoms with Gasteiger partial charge in [-0.25, -0.2) is 0 Å². The Kier molecular flexibility index (Phi) is 5.56. The predicted molar refractivity (Wildman–Crippen MR) is 39.2 cm³/mol. The Bertz CT molecular complexity index is 131. The molecule has 0 heterocycles. The summed E-state index contributed by atoms with van der Waals surface area (Å²) in [5.74, 6) is 0. The van der Waals surface area contributed by atoms with Crippen LogP contribution in [0.3, 0.4) is 0 Å². The van der Waals surface area contributed by atoms with Crippen molar-refractivity contribution >= 4 is 6.41 Å². The first kappa shape index (κ1) is 11.3. The lowest BCUT2D eigenvalue weighted by atomic mass is 10.1. The fourth-order valence-corrected chi connectivity index (χ4v) is 0.654. The van der Waals surface area contributed by atoms with Crippen molar-refractivity contribution < 1.29 is 25.2 Å². The van der Waals surface area contributed by atoms with Crippen molar-refractivity contribution in [1.82, 2.24) is 5.32 Å². The Balaban J connectivity index is 3.74. The topological polar surface area (TPSA) is 110 Å². The zero-order chi connectivity index (χ0) is 9.56. The zero-order valence-corrected chi connectivity index (χ0v) is 6.42. The largest absolute Gasteiger partial charge is 0.394 e. The molecule has 0 aromatic heterocycles. The molecule has 0 spiro atoms. The van der Waals surface area contributed by atoms with Gasteiger partial charge in [-0.1, -0.05) is 0 Å². The van der Waals surface area contributed by atoms with Crippen molar-refractivity contribution in [2.24, 2.45) is 0 Å². The van der Waals surface area contributed by atoms with Crippen LogP contribution in [0.4, 0.5) is 0 Å². The number of hydrogen-bond acceptors (Lipinski definition) is 5. The number of carbonyl (C=O) groups is 1. The Morgan fingerprint density at radius 3 is 2.25 bits per heavy atom. The summed E-state index contributed by atoms with van der Waals surface area (Å²) in [6.07, 6.45) is -3.77. The third kappa shape index (κ3) is 3.63. The van der Waals surface area contributed by atoms with Crippen LogP contribution in [-0.2, 0) is 4.79 Å². The molecule has 0 saturated carbocycles. The lowest BCUT2D eigenvalue weighted by Crippen LogP contribution is -2.44. The second-order valence-electron chi connectivity index (χ2n) is 2.33. The summed E-state index contributed by atoms with van der Waals surface area (Å²) in [6.45, 7) is -0.805. The molecule has 0 aliphatic rings. The first-order valence-electron chi connectivity index (χ1n) is 3.45. The Morgan fingerprint density at radius 1 is 1.25 bits per heavy atom. The fraction of sp³-hybridized carbons (Fsp3) is 0.833. The molecule has 0 aromatic carbocycles. The normalized spacial score (nSPS) is 18.0. The molecule has 0 aliphatic heterocycles. The van der Waals surface area contributed by atoms with Crippen molar-refractivity contribution in [1.29, 1.82) is 0 Å². The van der Waals surface area contributed by atoms with Gasteiger partial charge in [-0.3, -0.25) is 4.79 Å². The van der Waals surface area contributed by atoms with Crippen LogP contribution < -0.4 is 5.32 Å². The van der Waals surface area contributed by atoms with E-state index in [9.17, 15) is 4.79 Å². The molecule has 0 aromatic rings. The molecule has 1 amide bonds. The van der Waals surface area contributed by atoms with E-state index in [4.69, 9.17) is 20.4 Å². The van der Waals surface area contributed by atoms with Crippen LogP contribution >= 0.6 is 0 Å². The molecule has 0 bridgehead atoms. The lowest BCUT2D eigenvalue weighted by Gasteiger charge is -2.20. The maximum absolute atomic E-state index is 9.76. The number of rotatable bonds is 6. The van der Waals surface area contributed by atoms with Crippen molar-refractivity contribution in [2.75, 3.05) is 13.2 Å². The summed E-state index contributed by atoms with van der Waals surface area (Å²) in [5.41, 5.74) is 0. The maximum atomic E-state index is 9.76. The minimum absolute atomic E-state index is 0.165.